The molecule has 0 bridgehead atoms. The molecule has 0 aliphatic carbocycles. The minimum absolute atomic E-state index is 0.0862. The Morgan fingerprint density at radius 2 is 2.50 bits per heavy atom. The largest absolute Gasteiger partial charge is 0.326 e. The first-order chi connectivity index (χ1) is 4.75. The number of nitrogens with zero attached hydrogens (tertiary/aromatic N) is 1. The van der Waals surface area contributed by atoms with Gasteiger partial charge >= 0.3 is 5.69 Å². The van der Waals surface area contributed by atoms with Crippen molar-refractivity contribution in [2.75, 3.05) is 0 Å². The van der Waals surface area contributed by atoms with Gasteiger partial charge in [0.1, 0.15) is 10.9 Å². The van der Waals surface area contributed by atoms with E-state index >= 15 is 0 Å². The van der Waals surface area contributed by atoms with Crippen molar-refractivity contribution in [1.82, 2.24) is 9.55 Å². The zero-order valence-electron chi connectivity index (χ0n) is 5.00. The molecule has 0 aromatic carbocycles. The summed E-state index contributed by atoms with van der Waals surface area (Å²) >= 11 is 3.09. The highest BCUT2D eigenvalue weighted by Gasteiger charge is 1.99. The zero-order valence-corrected chi connectivity index (χ0v) is 6.59. The molecule has 5 heteroatoms. The highest BCUT2D eigenvalue weighted by Crippen LogP contribution is 2.02. The van der Waals surface area contributed by atoms with Crippen LogP contribution in [-0.4, -0.2) is 15.8 Å². The minimum atomic E-state index is -0.279. The van der Waals surface area contributed by atoms with E-state index in [9.17, 15) is 9.59 Å². The molecular weight excluding hydrogens is 200 g/mol. The van der Waals surface area contributed by atoms with E-state index in [-0.39, 0.29) is 12.2 Å². The van der Waals surface area contributed by atoms with Crippen LogP contribution in [0.5, 0.6) is 0 Å². The van der Waals surface area contributed by atoms with E-state index in [1.165, 1.54) is 10.8 Å². The Morgan fingerprint density at radius 1 is 1.80 bits per heavy atom. The van der Waals surface area contributed by atoms with Gasteiger partial charge in [-0.25, -0.2) is 4.79 Å². The molecule has 0 radical (unpaired) electrons. The highest BCUT2D eigenvalue weighted by atomic mass is 79.9. The molecule has 4 nitrogen and oxygen atoms in total. The Hall–Kier alpha value is -0.840. The lowest BCUT2D eigenvalue weighted by atomic mass is 10.7. The second-order valence-corrected chi connectivity index (χ2v) is 2.51. The first kappa shape index (κ1) is 7.27. The van der Waals surface area contributed by atoms with E-state index < -0.39 is 0 Å². The summed E-state index contributed by atoms with van der Waals surface area (Å²) in [6, 6.07) is 0. The van der Waals surface area contributed by atoms with Gasteiger partial charge in [0.15, 0.2) is 0 Å². The van der Waals surface area contributed by atoms with Gasteiger partial charge in [0.2, 0.25) is 0 Å². The number of H-pyrrole nitrogens is 1. The fourth-order valence-electron chi connectivity index (χ4n) is 0.619. The van der Waals surface area contributed by atoms with Gasteiger partial charge in [-0.2, -0.15) is 0 Å². The Morgan fingerprint density at radius 3 is 2.90 bits per heavy atom. The van der Waals surface area contributed by atoms with Crippen molar-refractivity contribution in [3.63, 3.8) is 0 Å². The Labute approximate surface area is 65.0 Å². The monoisotopic (exact) mass is 204 g/mol. The van der Waals surface area contributed by atoms with Gasteiger partial charge in [0.05, 0.1) is 6.54 Å². The second-order valence-electron chi connectivity index (χ2n) is 1.69. The number of aromatic nitrogens is 2. The smallest absolute Gasteiger partial charge is 0.312 e. The van der Waals surface area contributed by atoms with Crippen molar-refractivity contribution >= 4 is 22.2 Å². The molecular formula is C5H5BrN2O2. The summed E-state index contributed by atoms with van der Waals surface area (Å²) in [7, 11) is 0. The van der Waals surface area contributed by atoms with Crippen molar-refractivity contribution < 1.29 is 4.79 Å². The van der Waals surface area contributed by atoms with E-state index in [1.807, 2.05) is 0 Å². The molecule has 1 N–H and O–H groups in total. The summed E-state index contributed by atoms with van der Waals surface area (Å²) in [4.78, 5) is 23.2. The normalized spacial score (nSPS) is 9.70. The van der Waals surface area contributed by atoms with Crippen LogP contribution < -0.4 is 5.69 Å². The number of imidazole rings is 1. The number of hydrogen-bond donors (Lipinski definition) is 1. The van der Waals surface area contributed by atoms with Crippen molar-refractivity contribution in [2.45, 2.75) is 6.54 Å². The molecule has 0 aliphatic heterocycles. The molecule has 0 saturated carbocycles. The molecule has 0 aliphatic rings. The Kier molecular flexibility index (Phi) is 2.06. The lowest BCUT2D eigenvalue weighted by molar-refractivity contribution is -0.108. The number of hydrogen-bond acceptors (Lipinski definition) is 2. The predicted octanol–water partition coefficient (Wildman–Crippen LogP) is 0.138. The fourth-order valence-corrected chi connectivity index (χ4v) is 1.04. The van der Waals surface area contributed by atoms with E-state index in [2.05, 4.69) is 20.9 Å². The summed E-state index contributed by atoms with van der Waals surface area (Å²) < 4.78 is 1.87. The summed E-state index contributed by atoms with van der Waals surface area (Å²) in [6.07, 6.45) is 2.16. The van der Waals surface area contributed by atoms with Gasteiger partial charge in [-0.1, -0.05) is 0 Å². The van der Waals surface area contributed by atoms with Crippen LogP contribution in [0.3, 0.4) is 0 Å². The van der Waals surface area contributed by atoms with Gasteiger partial charge in [0, 0.05) is 6.20 Å². The first-order valence-corrected chi connectivity index (χ1v) is 3.42. The molecule has 0 saturated heterocycles. The molecule has 1 heterocycles. The van der Waals surface area contributed by atoms with Crippen molar-refractivity contribution in [2.24, 2.45) is 0 Å². The second kappa shape index (κ2) is 2.83. The predicted molar refractivity (Wildman–Crippen MR) is 38.8 cm³/mol. The maximum Gasteiger partial charge on any atom is 0.326 e. The van der Waals surface area contributed by atoms with Crippen molar-refractivity contribution in [3.05, 3.63) is 21.3 Å². The number of halogens is 1. The third-order valence-corrected chi connectivity index (χ3v) is 1.73. The molecule has 0 atom stereocenters. The lowest BCUT2D eigenvalue weighted by Gasteiger charge is -1.91. The lowest BCUT2D eigenvalue weighted by Crippen LogP contribution is -2.17. The Bertz CT molecular complexity index is 288. The van der Waals surface area contributed by atoms with Crippen LogP contribution in [0.15, 0.2) is 15.6 Å². The average molecular weight is 205 g/mol. The van der Waals surface area contributed by atoms with Crippen molar-refractivity contribution in [1.29, 1.82) is 0 Å². The summed E-state index contributed by atoms with van der Waals surface area (Å²) in [6.45, 7) is 0.0862. The van der Waals surface area contributed by atoms with Crippen LogP contribution in [-0.2, 0) is 11.3 Å². The van der Waals surface area contributed by atoms with E-state index in [0.29, 0.717) is 10.9 Å². The molecule has 1 aromatic heterocycles. The van der Waals surface area contributed by atoms with Crippen LogP contribution in [0.25, 0.3) is 0 Å². The third kappa shape index (κ3) is 1.18. The van der Waals surface area contributed by atoms with E-state index in [1.54, 1.807) is 0 Å². The van der Waals surface area contributed by atoms with Crippen LogP contribution >= 0.6 is 15.9 Å². The average Bonchev–Trinajstić information content (AvgIpc) is 2.20. The van der Waals surface area contributed by atoms with E-state index in [4.69, 9.17) is 0 Å². The third-order valence-electron chi connectivity index (χ3n) is 1.07. The van der Waals surface area contributed by atoms with Crippen LogP contribution in [0.2, 0.25) is 0 Å². The van der Waals surface area contributed by atoms with Gasteiger partial charge in [-0.3, -0.25) is 4.57 Å². The quantitative estimate of drug-likeness (QED) is 0.698. The molecule has 10 heavy (non-hydrogen) atoms. The number of aromatic amines is 1. The molecule has 54 valence electrons. The molecule has 0 spiro atoms. The molecule has 1 aromatic rings. The number of carbonyl (C=O) groups excluding carboxylic acids is 1. The van der Waals surface area contributed by atoms with Gasteiger partial charge < -0.3 is 9.78 Å². The first-order valence-electron chi connectivity index (χ1n) is 2.63. The van der Waals surface area contributed by atoms with Crippen LogP contribution in [0, 0.1) is 0 Å². The molecule has 0 unspecified atom stereocenters. The number of carbonyl (C=O) groups is 1. The maximum absolute atomic E-state index is 10.7. The standard InChI is InChI=1S/C5H5BrN2O2/c6-4-3-7-5(10)8(4)1-2-9/h2-3H,1H2,(H,7,10). The zero-order chi connectivity index (χ0) is 7.56. The Balaban J connectivity index is 3.10. The maximum atomic E-state index is 10.7. The number of aldehydes is 1. The molecule has 1 rings (SSSR count). The topological polar surface area (TPSA) is 54.9 Å². The van der Waals surface area contributed by atoms with Gasteiger partial charge in [-0.05, 0) is 15.9 Å². The minimum Gasteiger partial charge on any atom is -0.312 e. The number of nitrogens with one attached hydrogen (secondary N) is 1. The fraction of sp³-hybridized carbons (Fsp3) is 0.200. The van der Waals surface area contributed by atoms with E-state index in [0.717, 1.165) is 0 Å². The van der Waals surface area contributed by atoms with Crippen LogP contribution in [0.1, 0.15) is 0 Å². The SMILES string of the molecule is O=CCn1c(Br)c[nH]c1=O. The molecule has 0 amide bonds. The summed E-state index contributed by atoms with van der Waals surface area (Å²) in [5.74, 6) is 0. The van der Waals surface area contributed by atoms with Gasteiger partial charge in [0.25, 0.3) is 0 Å². The van der Waals surface area contributed by atoms with Crippen LogP contribution in [0.4, 0.5) is 0 Å². The summed E-state index contributed by atoms with van der Waals surface area (Å²) in [5, 5.41) is 0. The highest BCUT2D eigenvalue weighted by molar-refractivity contribution is 9.10. The number of rotatable bonds is 2. The summed E-state index contributed by atoms with van der Waals surface area (Å²) in [5.41, 5.74) is -0.279. The van der Waals surface area contributed by atoms with Gasteiger partial charge in [-0.15, -0.1) is 0 Å². The molecule has 0 fully saturated rings. The van der Waals surface area contributed by atoms with Crippen molar-refractivity contribution in [3.8, 4) is 0 Å².